The Bertz CT molecular complexity index is 627. The van der Waals surface area contributed by atoms with E-state index in [0.717, 1.165) is 48.1 Å². The Morgan fingerprint density at radius 1 is 1.17 bits per heavy atom. The summed E-state index contributed by atoms with van der Waals surface area (Å²) in [6.45, 7) is 19.7. The van der Waals surface area contributed by atoms with Gasteiger partial charge in [-0.1, -0.05) is 65.0 Å². The monoisotopic (exact) mass is 402 g/mol. The molecule has 4 nitrogen and oxygen atoms in total. The minimum Gasteiger partial charge on any atom is -0.305 e. The van der Waals surface area contributed by atoms with Gasteiger partial charge in [-0.05, 0) is 68.3 Å². The van der Waals surface area contributed by atoms with Crippen LogP contribution < -0.4 is 5.32 Å². The van der Waals surface area contributed by atoms with Crippen LogP contribution in [0, 0.1) is 17.8 Å². The first-order chi connectivity index (χ1) is 13.6. The summed E-state index contributed by atoms with van der Waals surface area (Å²) in [5.74, 6) is 1.03. The molecule has 0 saturated heterocycles. The normalized spacial score (nSPS) is 15.0. The summed E-state index contributed by atoms with van der Waals surface area (Å²) in [6.07, 6.45) is 7.56. The quantitative estimate of drug-likeness (QED) is 0.317. The number of carbonyl (C=O) groups is 2. The summed E-state index contributed by atoms with van der Waals surface area (Å²) >= 11 is 0. The molecule has 4 heteroatoms. The Kier molecular flexibility index (Phi) is 13.2. The fourth-order valence-electron chi connectivity index (χ4n) is 4.23. The number of imide groups is 1. The molecule has 2 amide bonds. The molecule has 0 rings (SSSR count). The van der Waals surface area contributed by atoms with E-state index < -0.39 is 0 Å². The van der Waals surface area contributed by atoms with Gasteiger partial charge in [0, 0.05) is 13.0 Å². The van der Waals surface area contributed by atoms with E-state index in [1.54, 1.807) is 6.08 Å². The largest absolute Gasteiger partial charge is 0.305 e. The lowest BCUT2D eigenvalue weighted by atomic mass is 9.73. The minimum atomic E-state index is -0.269. The average molecular weight is 403 g/mol. The third-order valence-corrected chi connectivity index (χ3v) is 5.20. The van der Waals surface area contributed by atoms with Crippen LogP contribution in [0.15, 0.2) is 47.6 Å². The molecule has 0 aliphatic heterocycles. The van der Waals surface area contributed by atoms with Crippen molar-refractivity contribution >= 4 is 12.3 Å². The molecule has 164 valence electrons. The van der Waals surface area contributed by atoms with Crippen molar-refractivity contribution in [1.29, 1.82) is 0 Å². The molecule has 0 bridgehead atoms. The van der Waals surface area contributed by atoms with Gasteiger partial charge in [-0.2, -0.15) is 0 Å². The number of nitrogens with one attached hydrogen (secondary N) is 1. The zero-order valence-electron chi connectivity index (χ0n) is 19.7. The molecule has 0 aromatic heterocycles. The summed E-state index contributed by atoms with van der Waals surface area (Å²) in [7, 11) is 4.05. The number of hydrogen-bond acceptors (Lipinski definition) is 3. The molecule has 0 heterocycles. The van der Waals surface area contributed by atoms with Crippen molar-refractivity contribution in [2.24, 2.45) is 17.8 Å². The van der Waals surface area contributed by atoms with Gasteiger partial charge < -0.3 is 4.90 Å². The number of carbonyl (C=O) groups excluding carboxylic acids is 2. The molecule has 1 N–H and O–H groups in total. The first kappa shape index (κ1) is 27.1. The SMILES string of the molecule is C=C/C=C(CN(C)C)\C(C(=C)C)=C(/CC(=O)NC=O)C(CC)C(CC)CC(C)C. The highest BCUT2D eigenvalue weighted by atomic mass is 16.2. The van der Waals surface area contributed by atoms with E-state index in [2.05, 4.69) is 51.1 Å². The number of amides is 2. The van der Waals surface area contributed by atoms with Crippen LogP contribution in [0.4, 0.5) is 0 Å². The maximum Gasteiger partial charge on any atom is 0.230 e. The molecule has 0 radical (unpaired) electrons. The van der Waals surface area contributed by atoms with E-state index in [-0.39, 0.29) is 18.2 Å². The molecule has 29 heavy (non-hydrogen) atoms. The number of allylic oxidation sites excluding steroid dienone is 3. The molecule has 0 aromatic carbocycles. The Morgan fingerprint density at radius 2 is 1.79 bits per heavy atom. The van der Waals surface area contributed by atoms with Crippen molar-refractivity contribution in [1.82, 2.24) is 10.2 Å². The standard InChI is InChI=1S/C25H42N2O2/c1-10-13-21(16-27(8)9)25(19(6)7)23(15-24(29)26-17-28)22(12-3)20(11-2)14-18(4)5/h10,13,17-18,20,22H,1,6,11-12,14-16H2,2-5,7-9H3,(H,26,28,29)/b21-13-,25-23+. The molecule has 0 aliphatic carbocycles. The van der Waals surface area contributed by atoms with Crippen LogP contribution in [0.5, 0.6) is 0 Å². The van der Waals surface area contributed by atoms with Crippen LogP contribution in [0.1, 0.15) is 60.3 Å². The second kappa shape index (κ2) is 14.1. The highest BCUT2D eigenvalue weighted by Gasteiger charge is 2.28. The fraction of sp³-hybridized carbons (Fsp3) is 0.600. The van der Waals surface area contributed by atoms with Crippen molar-refractivity contribution in [3.8, 4) is 0 Å². The molecule has 0 fully saturated rings. The van der Waals surface area contributed by atoms with Crippen LogP contribution in [-0.4, -0.2) is 37.9 Å². The van der Waals surface area contributed by atoms with Gasteiger partial charge in [0.25, 0.3) is 0 Å². The summed E-state index contributed by atoms with van der Waals surface area (Å²) in [4.78, 5) is 25.4. The lowest BCUT2D eigenvalue weighted by Gasteiger charge is -2.32. The fourth-order valence-corrected chi connectivity index (χ4v) is 4.23. The lowest BCUT2D eigenvalue weighted by molar-refractivity contribution is -0.124. The third-order valence-electron chi connectivity index (χ3n) is 5.20. The Balaban J connectivity index is 6.72. The van der Waals surface area contributed by atoms with Gasteiger partial charge in [0.05, 0.1) is 0 Å². The molecule has 0 spiro atoms. The van der Waals surface area contributed by atoms with Crippen molar-refractivity contribution in [3.63, 3.8) is 0 Å². The molecule has 0 aromatic rings. The van der Waals surface area contributed by atoms with Crippen molar-refractivity contribution in [2.75, 3.05) is 20.6 Å². The summed E-state index contributed by atoms with van der Waals surface area (Å²) in [5.41, 5.74) is 4.17. The highest BCUT2D eigenvalue weighted by Crippen LogP contribution is 2.38. The van der Waals surface area contributed by atoms with E-state index in [1.807, 2.05) is 27.1 Å². The van der Waals surface area contributed by atoms with Gasteiger partial charge in [0.1, 0.15) is 0 Å². The summed E-state index contributed by atoms with van der Waals surface area (Å²) in [5, 5.41) is 2.32. The topological polar surface area (TPSA) is 49.4 Å². The Morgan fingerprint density at radius 3 is 2.17 bits per heavy atom. The van der Waals surface area contributed by atoms with Crippen molar-refractivity contribution in [2.45, 2.75) is 60.3 Å². The predicted octanol–water partition coefficient (Wildman–Crippen LogP) is 5.29. The van der Waals surface area contributed by atoms with Crippen LogP contribution in [-0.2, 0) is 9.59 Å². The van der Waals surface area contributed by atoms with Crippen LogP contribution in [0.25, 0.3) is 0 Å². The number of nitrogens with zero attached hydrogens (tertiary/aromatic N) is 1. The van der Waals surface area contributed by atoms with Crippen LogP contribution in [0.2, 0.25) is 0 Å². The zero-order chi connectivity index (χ0) is 22.6. The third kappa shape index (κ3) is 9.40. The van der Waals surface area contributed by atoms with E-state index in [4.69, 9.17) is 0 Å². The molecule has 2 atom stereocenters. The smallest absolute Gasteiger partial charge is 0.230 e. The molecular weight excluding hydrogens is 360 g/mol. The van der Waals surface area contributed by atoms with Gasteiger partial charge in [0.15, 0.2) is 0 Å². The van der Waals surface area contributed by atoms with Crippen LogP contribution in [0.3, 0.4) is 0 Å². The summed E-state index contributed by atoms with van der Waals surface area (Å²) < 4.78 is 0. The van der Waals surface area contributed by atoms with Gasteiger partial charge >= 0.3 is 0 Å². The maximum absolute atomic E-state index is 12.5. The average Bonchev–Trinajstić information content (AvgIpc) is 2.60. The van der Waals surface area contributed by atoms with Gasteiger partial charge in [-0.3, -0.25) is 14.9 Å². The van der Waals surface area contributed by atoms with Crippen molar-refractivity contribution in [3.05, 3.63) is 47.6 Å². The number of hydrogen-bond donors (Lipinski definition) is 1. The first-order valence-electron chi connectivity index (χ1n) is 10.7. The van der Waals surface area contributed by atoms with E-state index in [9.17, 15) is 9.59 Å². The van der Waals surface area contributed by atoms with Gasteiger partial charge in [-0.25, -0.2) is 0 Å². The van der Waals surface area contributed by atoms with E-state index in [0.29, 0.717) is 18.2 Å². The second-order valence-corrected chi connectivity index (χ2v) is 8.52. The van der Waals surface area contributed by atoms with Crippen molar-refractivity contribution < 1.29 is 9.59 Å². The minimum absolute atomic E-state index is 0.204. The molecular formula is C25H42N2O2. The lowest BCUT2D eigenvalue weighted by Crippen LogP contribution is -2.27. The maximum atomic E-state index is 12.5. The molecule has 0 saturated carbocycles. The Hall–Kier alpha value is -1.94. The van der Waals surface area contributed by atoms with Crippen LogP contribution >= 0.6 is 0 Å². The van der Waals surface area contributed by atoms with Gasteiger partial charge in [0.2, 0.25) is 12.3 Å². The number of rotatable bonds is 14. The van der Waals surface area contributed by atoms with E-state index in [1.165, 1.54) is 0 Å². The Labute approximate surface area is 178 Å². The molecule has 2 unspecified atom stereocenters. The summed E-state index contributed by atoms with van der Waals surface area (Å²) in [6, 6.07) is 0. The predicted molar refractivity (Wildman–Crippen MR) is 125 cm³/mol. The number of likely N-dealkylation sites (N-methyl/N-ethyl adjacent to an activating group) is 1. The second-order valence-electron chi connectivity index (χ2n) is 8.52. The first-order valence-corrected chi connectivity index (χ1v) is 10.7. The highest BCUT2D eigenvalue weighted by molar-refractivity contribution is 5.88. The van der Waals surface area contributed by atoms with E-state index >= 15 is 0 Å². The van der Waals surface area contributed by atoms with Gasteiger partial charge in [-0.15, -0.1) is 0 Å². The zero-order valence-corrected chi connectivity index (χ0v) is 19.7. The molecule has 0 aliphatic rings.